The molecule has 0 amide bonds. The van der Waals surface area contributed by atoms with Gasteiger partial charge in [0.1, 0.15) is 0 Å². The molecule has 2 rings (SSSR count). The van der Waals surface area contributed by atoms with Crippen LogP contribution in [0.15, 0.2) is 42.6 Å². The van der Waals surface area contributed by atoms with E-state index in [2.05, 4.69) is 16.8 Å². The van der Waals surface area contributed by atoms with E-state index in [-0.39, 0.29) is 6.42 Å². The second kappa shape index (κ2) is 6.48. The monoisotopic (exact) mass is 269 g/mol. The first-order valence-corrected chi connectivity index (χ1v) is 6.08. The zero-order chi connectivity index (χ0) is 14.4. The molecule has 0 saturated carbocycles. The van der Waals surface area contributed by atoms with E-state index in [9.17, 15) is 9.18 Å². The van der Waals surface area contributed by atoms with Crippen molar-refractivity contribution in [3.05, 3.63) is 65.2 Å². The van der Waals surface area contributed by atoms with E-state index in [4.69, 9.17) is 5.11 Å². The zero-order valence-electron chi connectivity index (χ0n) is 10.6. The Labute approximate surface area is 116 Å². The molecular weight excluding hydrogens is 257 g/mol. The molecule has 20 heavy (non-hydrogen) atoms. The smallest absolute Gasteiger partial charge is 0.303 e. The lowest BCUT2D eigenvalue weighted by molar-refractivity contribution is -0.136. The highest BCUT2D eigenvalue weighted by Gasteiger charge is 1.98. The number of aliphatic carboxylic acids is 1. The second-order valence-electron chi connectivity index (χ2n) is 4.21. The number of nitrogens with zero attached hydrogens (tertiary/aromatic N) is 1. The number of hydrogen-bond donors (Lipinski definition) is 1. The first kappa shape index (κ1) is 13.8. The van der Waals surface area contributed by atoms with Crippen LogP contribution in [-0.4, -0.2) is 16.1 Å². The van der Waals surface area contributed by atoms with Crippen molar-refractivity contribution in [1.29, 1.82) is 0 Å². The molecule has 0 bridgehead atoms. The van der Waals surface area contributed by atoms with Crippen molar-refractivity contribution in [1.82, 2.24) is 4.98 Å². The zero-order valence-corrected chi connectivity index (χ0v) is 10.6. The number of halogens is 1. The van der Waals surface area contributed by atoms with Gasteiger partial charge in [-0.05, 0) is 30.2 Å². The maximum atomic E-state index is 12.9. The van der Waals surface area contributed by atoms with Crippen molar-refractivity contribution in [2.75, 3.05) is 0 Å². The summed E-state index contributed by atoms with van der Waals surface area (Å²) in [6.45, 7) is 0. The Morgan fingerprint density at radius 3 is 2.50 bits per heavy atom. The Kier molecular flexibility index (Phi) is 4.46. The third kappa shape index (κ3) is 4.21. The van der Waals surface area contributed by atoms with E-state index in [0.717, 1.165) is 11.1 Å². The van der Waals surface area contributed by atoms with Crippen molar-refractivity contribution >= 4 is 5.97 Å². The van der Waals surface area contributed by atoms with E-state index in [1.165, 1.54) is 12.3 Å². The molecule has 0 saturated heterocycles. The van der Waals surface area contributed by atoms with Gasteiger partial charge in [0.2, 0.25) is 5.95 Å². The summed E-state index contributed by atoms with van der Waals surface area (Å²) >= 11 is 0. The number of carbonyl (C=O) groups is 1. The number of aryl methyl sites for hydroxylation is 1. The van der Waals surface area contributed by atoms with Crippen molar-refractivity contribution in [2.45, 2.75) is 12.8 Å². The molecule has 1 aromatic heterocycles. The topological polar surface area (TPSA) is 50.2 Å². The first-order valence-electron chi connectivity index (χ1n) is 6.08. The normalized spacial score (nSPS) is 9.65. The van der Waals surface area contributed by atoms with Crippen LogP contribution in [0.5, 0.6) is 0 Å². The van der Waals surface area contributed by atoms with Gasteiger partial charge in [-0.2, -0.15) is 4.39 Å². The summed E-state index contributed by atoms with van der Waals surface area (Å²) in [5.41, 5.74) is 2.31. The quantitative estimate of drug-likeness (QED) is 0.688. The van der Waals surface area contributed by atoms with Crippen LogP contribution in [-0.2, 0) is 11.2 Å². The number of aromatic nitrogens is 1. The molecule has 1 heterocycles. The fourth-order valence-electron chi connectivity index (χ4n) is 1.63. The second-order valence-corrected chi connectivity index (χ2v) is 4.21. The Hall–Kier alpha value is -2.67. The van der Waals surface area contributed by atoms with Crippen LogP contribution in [0, 0.1) is 17.8 Å². The third-order valence-electron chi connectivity index (χ3n) is 2.66. The fraction of sp³-hybridized carbons (Fsp3) is 0.125. The summed E-state index contributed by atoms with van der Waals surface area (Å²) in [5.74, 6) is 4.40. The van der Waals surface area contributed by atoms with Crippen LogP contribution < -0.4 is 0 Å². The lowest BCUT2D eigenvalue weighted by atomic mass is 10.1. The number of carboxylic acids is 1. The largest absolute Gasteiger partial charge is 0.481 e. The van der Waals surface area contributed by atoms with Gasteiger partial charge < -0.3 is 5.11 Å². The highest BCUT2D eigenvalue weighted by molar-refractivity contribution is 5.67. The lowest BCUT2D eigenvalue weighted by Gasteiger charge is -1.98. The van der Waals surface area contributed by atoms with Gasteiger partial charge in [0.25, 0.3) is 0 Å². The summed E-state index contributed by atoms with van der Waals surface area (Å²) in [5, 5.41) is 8.60. The van der Waals surface area contributed by atoms with Gasteiger partial charge in [0.15, 0.2) is 0 Å². The highest BCUT2D eigenvalue weighted by atomic mass is 19.1. The standard InChI is InChI=1S/C16H12FNO2/c17-15-11-14(9-10-18-15)6-5-12-1-3-13(4-2-12)7-8-16(19)20/h1-4,9-11H,7-8H2,(H,19,20). The van der Waals surface area contributed by atoms with Gasteiger partial charge in [-0.3, -0.25) is 4.79 Å². The van der Waals surface area contributed by atoms with Gasteiger partial charge in [-0.1, -0.05) is 24.0 Å². The number of pyridine rings is 1. The molecule has 0 aliphatic carbocycles. The number of benzene rings is 1. The molecule has 0 aliphatic heterocycles. The van der Waals surface area contributed by atoms with Crippen LogP contribution in [0.1, 0.15) is 23.1 Å². The molecule has 0 fully saturated rings. The predicted octanol–water partition coefficient (Wildman–Crippen LogP) is 2.64. The average Bonchev–Trinajstić information content (AvgIpc) is 2.44. The Bertz CT molecular complexity index is 669. The molecule has 0 unspecified atom stereocenters. The average molecular weight is 269 g/mol. The number of carboxylic acid groups (broad SMARTS) is 1. The van der Waals surface area contributed by atoms with Crippen LogP contribution in [0.3, 0.4) is 0 Å². The molecule has 100 valence electrons. The molecule has 0 atom stereocenters. The van der Waals surface area contributed by atoms with Gasteiger partial charge >= 0.3 is 5.97 Å². The van der Waals surface area contributed by atoms with Crippen molar-refractivity contribution in [2.24, 2.45) is 0 Å². The van der Waals surface area contributed by atoms with Gasteiger partial charge in [0.05, 0.1) is 0 Å². The lowest BCUT2D eigenvalue weighted by Crippen LogP contribution is -1.97. The molecule has 3 nitrogen and oxygen atoms in total. The summed E-state index contributed by atoms with van der Waals surface area (Å²) in [6, 6.07) is 10.2. The molecule has 2 aromatic rings. The van der Waals surface area contributed by atoms with E-state index in [0.29, 0.717) is 12.0 Å². The van der Waals surface area contributed by atoms with Crippen molar-refractivity contribution in [3.8, 4) is 11.8 Å². The van der Waals surface area contributed by atoms with Gasteiger partial charge in [0, 0.05) is 29.8 Å². The van der Waals surface area contributed by atoms with Crippen molar-refractivity contribution in [3.63, 3.8) is 0 Å². The van der Waals surface area contributed by atoms with E-state index >= 15 is 0 Å². The maximum absolute atomic E-state index is 12.9. The Balaban J connectivity index is 2.06. The van der Waals surface area contributed by atoms with Crippen LogP contribution in [0.4, 0.5) is 4.39 Å². The molecule has 4 heteroatoms. The van der Waals surface area contributed by atoms with Crippen LogP contribution in [0.2, 0.25) is 0 Å². The van der Waals surface area contributed by atoms with E-state index in [1.54, 1.807) is 6.07 Å². The molecule has 1 N–H and O–H groups in total. The predicted molar refractivity (Wildman–Crippen MR) is 72.6 cm³/mol. The minimum absolute atomic E-state index is 0.112. The third-order valence-corrected chi connectivity index (χ3v) is 2.66. The van der Waals surface area contributed by atoms with Crippen LogP contribution >= 0.6 is 0 Å². The Morgan fingerprint density at radius 2 is 1.85 bits per heavy atom. The van der Waals surface area contributed by atoms with E-state index < -0.39 is 11.9 Å². The molecule has 0 aliphatic rings. The molecular formula is C16H12FNO2. The SMILES string of the molecule is O=C(O)CCc1ccc(C#Cc2ccnc(F)c2)cc1. The Morgan fingerprint density at radius 1 is 1.15 bits per heavy atom. The van der Waals surface area contributed by atoms with E-state index in [1.807, 2.05) is 24.3 Å². The molecule has 0 radical (unpaired) electrons. The molecule has 1 aromatic carbocycles. The fourth-order valence-corrected chi connectivity index (χ4v) is 1.63. The maximum Gasteiger partial charge on any atom is 0.303 e. The first-order chi connectivity index (χ1) is 9.63. The minimum Gasteiger partial charge on any atom is -0.481 e. The van der Waals surface area contributed by atoms with Gasteiger partial charge in [-0.15, -0.1) is 0 Å². The van der Waals surface area contributed by atoms with Crippen molar-refractivity contribution < 1.29 is 14.3 Å². The van der Waals surface area contributed by atoms with Gasteiger partial charge in [-0.25, -0.2) is 4.98 Å². The molecule has 0 spiro atoms. The highest BCUT2D eigenvalue weighted by Crippen LogP contribution is 2.06. The van der Waals surface area contributed by atoms with Crippen LogP contribution in [0.25, 0.3) is 0 Å². The number of rotatable bonds is 3. The minimum atomic E-state index is -0.811. The summed E-state index contributed by atoms with van der Waals surface area (Å²) in [4.78, 5) is 13.9. The summed E-state index contributed by atoms with van der Waals surface area (Å²) < 4.78 is 12.9. The summed E-state index contributed by atoms with van der Waals surface area (Å²) in [6.07, 6.45) is 1.98. The number of hydrogen-bond acceptors (Lipinski definition) is 2. The summed E-state index contributed by atoms with van der Waals surface area (Å²) in [7, 11) is 0.